The van der Waals surface area contributed by atoms with Gasteiger partial charge < -0.3 is 19.9 Å². The highest BCUT2D eigenvalue weighted by Gasteiger charge is 2.04. The molecule has 0 saturated heterocycles. The maximum atomic E-state index is 10.2. The highest BCUT2D eigenvalue weighted by Crippen LogP contribution is 2.08. The summed E-state index contributed by atoms with van der Waals surface area (Å²) in [5, 5.41) is 18.3. The van der Waals surface area contributed by atoms with E-state index in [0.29, 0.717) is 6.42 Å². The Balaban J connectivity index is 3.50. The first kappa shape index (κ1) is 20.6. The number of carbonyl (C=O) groups is 1. The molecule has 0 aliphatic heterocycles. The van der Waals surface area contributed by atoms with Crippen LogP contribution in [0.25, 0.3) is 0 Å². The van der Waals surface area contributed by atoms with Crippen LogP contribution in [0.4, 0.5) is 0 Å². The molecule has 0 fully saturated rings. The summed E-state index contributed by atoms with van der Waals surface area (Å²) in [6.45, 7) is 4.94. The lowest BCUT2D eigenvalue weighted by molar-refractivity contribution is -0.107. The van der Waals surface area contributed by atoms with Gasteiger partial charge in [0.1, 0.15) is 6.29 Å². The molecule has 0 aromatic heterocycles. The zero-order chi connectivity index (χ0) is 15.8. The lowest BCUT2D eigenvalue weighted by Gasteiger charge is -2.21. The number of rotatable bonds is 16. The SMILES string of the molecule is CC(O)CCCCCN(CCO)CCCCCCCC=O. The van der Waals surface area contributed by atoms with Crippen LogP contribution in [0, 0.1) is 0 Å². The van der Waals surface area contributed by atoms with Crippen molar-refractivity contribution in [1.29, 1.82) is 0 Å². The van der Waals surface area contributed by atoms with Crippen molar-refractivity contribution in [2.24, 2.45) is 0 Å². The summed E-state index contributed by atoms with van der Waals surface area (Å²) >= 11 is 0. The fourth-order valence-electron chi connectivity index (χ4n) is 2.52. The van der Waals surface area contributed by atoms with E-state index in [1.165, 1.54) is 19.3 Å². The van der Waals surface area contributed by atoms with Crippen LogP contribution in [-0.4, -0.2) is 53.7 Å². The molecule has 4 nitrogen and oxygen atoms in total. The average molecular weight is 301 g/mol. The van der Waals surface area contributed by atoms with Crippen LogP contribution in [0.15, 0.2) is 0 Å². The molecule has 0 heterocycles. The molecule has 0 aromatic rings. The number of hydrogen-bond acceptors (Lipinski definition) is 4. The number of aliphatic hydroxyl groups is 2. The van der Waals surface area contributed by atoms with Crippen molar-refractivity contribution < 1.29 is 15.0 Å². The molecule has 21 heavy (non-hydrogen) atoms. The lowest BCUT2D eigenvalue weighted by atomic mass is 10.1. The zero-order valence-corrected chi connectivity index (χ0v) is 13.8. The Morgan fingerprint density at radius 2 is 1.48 bits per heavy atom. The number of unbranched alkanes of at least 4 members (excludes halogenated alkanes) is 7. The molecule has 0 aliphatic carbocycles. The van der Waals surface area contributed by atoms with E-state index in [9.17, 15) is 9.90 Å². The van der Waals surface area contributed by atoms with E-state index in [1.807, 2.05) is 6.92 Å². The summed E-state index contributed by atoms with van der Waals surface area (Å²) in [6, 6.07) is 0. The molecule has 0 aromatic carbocycles. The molecule has 0 bridgehead atoms. The molecule has 1 atom stereocenters. The van der Waals surface area contributed by atoms with E-state index in [4.69, 9.17) is 5.11 Å². The smallest absolute Gasteiger partial charge is 0.119 e. The van der Waals surface area contributed by atoms with E-state index < -0.39 is 0 Å². The summed E-state index contributed by atoms with van der Waals surface area (Å²) in [5.41, 5.74) is 0. The number of aldehydes is 1. The molecule has 1 unspecified atom stereocenters. The van der Waals surface area contributed by atoms with Crippen molar-refractivity contribution in [3.63, 3.8) is 0 Å². The Bertz CT molecular complexity index is 222. The van der Waals surface area contributed by atoms with Gasteiger partial charge in [-0.25, -0.2) is 0 Å². The lowest BCUT2D eigenvalue weighted by Crippen LogP contribution is -2.29. The summed E-state index contributed by atoms with van der Waals surface area (Å²) in [7, 11) is 0. The summed E-state index contributed by atoms with van der Waals surface area (Å²) < 4.78 is 0. The molecule has 0 amide bonds. The first-order valence-corrected chi connectivity index (χ1v) is 8.65. The molecule has 4 heteroatoms. The maximum absolute atomic E-state index is 10.2. The van der Waals surface area contributed by atoms with Crippen LogP contribution >= 0.6 is 0 Å². The van der Waals surface area contributed by atoms with Gasteiger partial charge in [-0.1, -0.05) is 32.1 Å². The monoisotopic (exact) mass is 301 g/mol. The first-order chi connectivity index (χ1) is 10.2. The summed E-state index contributed by atoms with van der Waals surface area (Å²) in [6.07, 6.45) is 11.5. The zero-order valence-electron chi connectivity index (χ0n) is 13.8. The molecule has 0 aliphatic rings. The van der Waals surface area contributed by atoms with Gasteiger partial charge in [0.15, 0.2) is 0 Å². The van der Waals surface area contributed by atoms with Gasteiger partial charge in [-0.3, -0.25) is 0 Å². The maximum Gasteiger partial charge on any atom is 0.119 e. The topological polar surface area (TPSA) is 60.8 Å². The van der Waals surface area contributed by atoms with Crippen molar-refractivity contribution in [2.45, 2.75) is 77.2 Å². The number of aliphatic hydroxyl groups excluding tert-OH is 2. The molecular formula is C17H35NO3. The minimum Gasteiger partial charge on any atom is -0.395 e. The fraction of sp³-hybridized carbons (Fsp3) is 0.941. The first-order valence-electron chi connectivity index (χ1n) is 8.65. The Labute approximate surface area is 130 Å². The molecular weight excluding hydrogens is 266 g/mol. The standard InChI is InChI=1S/C17H35NO3/c1-17(21)11-7-6-9-13-18(14-16-20)12-8-4-2-3-5-10-15-19/h15,17,20-21H,2-14,16H2,1H3. The number of carbonyl (C=O) groups excluding carboxylic acids is 1. The Kier molecular flexibility index (Phi) is 15.6. The Morgan fingerprint density at radius 3 is 2.05 bits per heavy atom. The predicted octanol–water partition coefficient (Wildman–Crippen LogP) is 2.76. The molecule has 126 valence electrons. The largest absolute Gasteiger partial charge is 0.395 e. The second-order valence-electron chi connectivity index (χ2n) is 5.99. The summed E-state index contributed by atoms with van der Waals surface area (Å²) in [5.74, 6) is 0. The second-order valence-corrected chi connectivity index (χ2v) is 5.99. The van der Waals surface area contributed by atoms with E-state index in [0.717, 1.165) is 64.4 Å². The third kappa shape index (κ3) is 15.8. The summed E-state index contributed by atoms with van der Waals surface area (Å²) in [4.78, 5) is 12.5. The molecule has 0 radical (unpaired) electrons. The highest BCUT2D eigenvalue weighted by molar-refractivity contribution is 5.48. The molecule has 0 saturated carbocycles. The van der Waals surface area contributed by atoms with Gasteiger partial charge in [-0.15, -0.1) is 0 Å². The van der Waals surface area contributed by atoms with Gasteiger partial charge in [-0.2, -0.15) is 0 Å². The van der Waals surface area contributed by atoms with E-state index >= 15 is 0 Å². The molecule has 0 spiro atoms. The second kappa shape index (κ2) is 15.9. The van der Waals surface area contributed by atoms with Crippen LogP contribution in [0.3, 0.4) is 0 Å². The predicted molar refractivity (Wildman–Crippen MR) is 87.4 cm³/mol. The Hall–Kier alpha value is -0.450. The van der Waals surface area contributed by atoms with Crippen LogP contribution in [0.1, 0.15) is 71.1 Å². The van der Waals surface area contributed by atoms with Crippen molar-refractivity contribution in [2.75, 3.05) is 26.2 Å². The van der Waals surface area contributed by atoms with Crippen molar-refractivity contribution in [1.82, 2.24) is 4.90 Å². The number of hydrogen-bond donors (Lipinski definition) is 2. The third-order valence-corrected chi connectivity index (χ3v) is 3.81. The van der Waals surface area contributed by atoms with E-state index in [1.54, 1.807) is 0 Å². The van der Waals surface area contributed by atoms with Crippen LogP contribution < -0.4 is 0 Å². The Morgan fingerprint density at radius 1 is 0.905 bits per heavy atom. The van der Waals surface area contributed by atoms with Crippen molar-refractivity contribution in [3.05, 3.63) is 0 Å². The van der Waals surface area contributed by atoms with Gasteiger partial charge >= 0.3 is 0 Å². The quantitative estimate of drug-likeness (QED) is 0.340. The van der Waals surface area contributed by atoms with Gasteiger partial charge in [0.2, 0.25) is 0 Å². The van der Waals surface area contributed by atoms with E-state index in [-0.39, 0.29) is 12.7 Å². The molecule has 0 rings (SSSR count). The molecule has 2 N–H and O–H groups in total. The minimum absolute atomic E-state index is 0.183. The number of nitrogens with zero attached hydrogens (tertiary/aromatic N) is 1. The van der Waals surface area contributed by atoms with Crippen LogP contribution in [0.5, 0.6) is 0 Å². The van der Waals surface area contributed by atoms with Gasteiger partial charge in [0, 0.05) is 13.0 Å². The minimum atomic E-state index is -0.183. The van der Waals surface area contributed by atoms with Gasteiger partial charge in [0.25, 0.3) is 0 Å². The third-order valence-electron chi connectivity index (χ3n) is 3.81. The normalized spacial score (nSPS) is 12.8. The van der Waals surface area contributed by atoms with Crippen LogP contribution in [0.2, 0.25) is 0 Å². The highest BCUT2D eigenvalue weighted by atomic mass is 16.3. The van der Waals surface area contributed by atoms with Crippen molar-refractivity contribution in [3.8, 4) is 0 Å². The average Bonchev–Trinajstić information content (AvgIpc) is 2.45. The van der Waals surface area contributed by atoms with Gasteiger partial charge in [-0.05, 0) is 45.7 Å². The van der Waals surface area contributed by atoms with Crippen LogP contribution in [-0.2, 0) is 4.79 Å². The van der Waals surface area contributed by atoms with Crippen molar-refractivity contribution >= 4 is 6.29 Å². The van der Waals surface area contributed by atoms with E-state index in [2.05, 4.69) is 4.90 Å². The van der Waals surface area contributed by atoms with Gasteiger partial charge in [0.05, 0.1) is 12.7 Å². The fourth-order valence-corrected chi connectivity index (χ4v) is 2.52.